The van der Waals surface area contributed by atoms with Crippen molar-refractivity contribution in [2.24, 2.45) is 0 Å². The Hall–Kier alpha value is -2.77. The van der Waals surface area contributed by atoms with Gasteiger partial charge < -0.3 is 9.30 Å². The molecule has 2 aromatic heterocycles. The van der Waals surface area contributed by atoms with Gasteiger partial charge in [-0.3, -0.25) is 14.9 Å². The van der Waals surface area contributed by atoms with Gasteiger partial charge in [-0.15, -0.1) is 0 Å². The predicted molar refractivity (Wildman–Crippen MR) is 65.5 cm³/mol. The second kappa shape index (κ2) is 5.25. The fraction of sp³-hybridized carbons (Fsp3) is 0.182. The van der Waals surface area contributed by atoms with Crippen LogP contribution >= 0.6 is 0 Å². The van der Waals surface area contributed by atoms with Crippen LogP contribution in [0.1, 0.15) is 6.92 Å². The van der Waals surface area contributed by atoms with Crippen LogP contribution in [0.15, 0.2) is 35.6 Å². The summed E-state index contributed by atoms with van der Waals surface area (Å²) < 4.78 is 6.57. The number of ether oxygens (including phenoxy) is 1. The van der Waals surface area contributed by atoms with Gasteiger partial charge in [0, 0.05) is 18.3 Å². The maximum atomic E-state index is 11.3. The van der Waals surface area contributed by atoms with Crippen LogP contribution in [0.5, 0.6) is 5.88 Å². The van der Waals surface area contributed by atoms with Crippen molar-refractivity contribution in [2.75, 3.05) is 6.61 Å². The number of hydrogen-bond donors (Lipinski definition) is 0. The molecule has 0 saturated carbocycles. The summed E-state index contributed by atoms with van der Waals surface area (Å²) >= 11 is 0. The van der Waals surface area contributed by atoms with E-state index >= 15 is 0 Å². The van der Waals surface area contributed by atoms with E-state index in [9.17, 15) is 14.9 Å². The lowest BCUT2D eigenvalue weighted by molar-refractivity contribution is -0.386. The molecule has 0 amide bonds. The zero-order valence-corrected chi connectivity index (χ0v) is 10.0. The molecule has 0 aliphatic heterocycles. The highest BCUT2D eigenvalue weighted by Crippen LogP contribution is 2.12. The van der Waals surface area contributed by atoms with Crippen LogP contribution in [0, 0.1) is 10.1 Å². The quantitative estimate of drug-likeness (QED) is 0.600. The largest absolute Gasteiger partial charge is 0.478 e. The second-order valence-electron chi connectivity index (χ2n) is 3.51. The Balaban J connectivity index is 2.47. The van der Waals surface area contributed by atoms with Gasteiger partial charge in [-0.25, -0.2) is 9.97 Å². The van der Waals surface area contributed by atoms with E-state index in [1.165, 1.54) is 23.2 Å². The summed E-state index contributed by atoms with van der Waals surface area (Å²) in [5.41, 5.74) is -1.17. The lowest BCUT2D eigenvalue weighted by Gasteiger charge is -2.06. The number of pyridine rings is 1. The summed E-state index contributed by atoms with van der Waals surface area (Å²) in [6.45, 7) is 2.26. The van der Waals surface area contributed by atoms with E-state index in [1.807, 2.05) is 6.92 Å². The van der Waals surface area contributed by atoms with Gasteiger partial charge in [0.05, 0.1) is 17.7 Å². The predicted octanol–water partition coefficient (Wildman–Crippen LogP) is 0.934. The number of aromatic nitrogens is 3. The minimum atomic E-state index is -0.733. The third-order valence-electron chi connectivity index (χ3n) is 2.28. The minimum absolute atomic E-state index is 0.355. The van der Waals surface area contributed by atoms with Crippen LogP contribution in [-0.4, -0.2) is 26.1 Å². The average Bonchev–Trinajstić information content (AvgIpc) is 2.39. The van der Waals surface area contributed by atoms with Crippen molar-refractivity contribution in [1.82, 2.24) is 14.5 Å². The molecule has 2 rings (SSSR count). The molecule has 0 aliphatic rings. The van der Waals surface area contributed by atoms with Gasteiger partial charge in [-0.05, 0) is 6.92 Å². The van der Waals surface area contributed by atoms with Crippen molar-refractivity contribution in [3.05, 3.63) is 51.2 Å². The van der Waals surface area contributed by atoms with Gasteiger partial charge >= 0.3 is 5.69 Å². The standard InChI is InChI=1S/C11H10N4O4/c1-2-19-11-5-10(12-7-13-11)14-4-3-9(16)8(6-14)15(17)18/h3-7H,2H2,1H3. The zero-order chi connectivity index (χ0) is 13.8. The van der Waals surface area contributed by atoms with E-state index < -0.39 is 16.0 Å². The Morgan fingerprint density at radius 2 is 2.26 bits per heavy atom. The van der Waals surface area contributed by atoms with Crippen LogP contribution in [0.4, 0.5) is 5.69 Å². The van der Waals surface area contributed by atoms with Crippen molar-refractivity contribution in [2.45, 2.75) is 6.92 Å². The number of nitrogens with zero attached hydrogens (tertiary/aromatic N) is 4. The second-order valence-corrected chi connectivity index (χ2v) is 3.51. The monoisotopic (exact) mass is 262 g/mol. The fourth-order valence-electron chi connectivity index (χ4n) is 1.45. The van der Waals surface area contributed by atoms with Crippen LogP contribution in [0.3, 0.4) is 0 Å². The Morgan fingerprint density at radius 3 is 2.95 bits per heavy atom. The molecule has 0 N–H and O–H groups in total. The highest BCUT2D eigenvalue weighted by atomic mass is 16.6. The first-order valence-corrected chi connectivity index (χ1v) is 5.43. The zero-order valence-electron chi connectivity index (χ0n) is 10.0. The van der Waals surface area contributed by atoms with Gasteiger partial charge in [0.2, 0.25) is 5.88 Å². The van der Waals surface area contributed by atoms with E-state index in [0.717, 1.165) is 12.3 Å². The molecule has 0 aliphatic carbocycles. The topological polar surface area (TPSA) is 100 Å². The molecule has 0 bridgehead atoms. The molecule has 0 atom stereocenters. The Labute approximate surface area is 107 Å². The van der Waals surface area contributed by atoms with Crippen LogP contribution < -0.4 is 10.2 Å². The van der Waals surface area contributed by atoms with Gasteiger partial charge in [0.25, 0.3) is 5.43 Å². The molecular formula is C11H10N4O4. The molecule has 0 aromatic carbocycles. The number of nitro groups is 1. The summed E-state index contributed by atoms with van der Waals surface area (Å²) in [4.78, 5) is 29.1. The third-order valence-corrected chi connectivity index (χ3v) is 2.28. The molecule has 0 radical (unpaired) electrons. The van der Waals surface area contributed by atoms with Gasteiger partial charge in [0.1, 0.15) is 12.1 Å². The van der Waals surface area contributed by atoms with Gasteiger partial charge in [0.15, 0.2) is 0 Å². The van der Waals surface area contributed by atoms with Crippen LogP contribution in [0.2, 0.25) is 0 Å². The Bertz CT molecular complexity index is 668. The Kier molecular flexibility index (Phi) is 3.51. The molecule has 0 fully saturated rings. The number of rotatable bonds is 4. The molecule has 0 saturated heterocycles. The molecule has 0 spiro atoms. The van der Waals surface area contributed by atoms with Crippen molar-refractivity contribution in [3.8, 4) is 11.7 Å². The summed E-state index contributed by atoms with van der Waals surface area (Å²) in [6.07, 6.45) is 3.79. The van der Waals surface area contributed by atoms with Gasteiger partial charge in [-0.1, -0.05) is 0 Å². The summed E-state index contributed by atoms with van der Waals surface area (Å²) in [7, 11) is 0. The first-order valence-electron chi connectivity index (χ1n) is 5.43. The normalized spacial score (nSPS) is 10.2. The highest BCUT2D eigenvalue weighted by molar-refractivity contribution is 5.33. The summed E-state index contributed by atoms with van der Waals surface area (Å²) in [6, 6.07) is 2.64. The van der Waals surface area contributed by atoms with E-state index in [0.29, 0.717) is 18.3 Å². The van der Waals surface area contributed by atoms with Crippen molar-refractivity contribution in [3.63, 3.8) is 0 Å². The SMILES string of the molecule is CCOc1cc(-n2ccc(=O)c([N+](=O)[O-])c2)ncn1. The van der Waals surface area contributed by atoms with E-state index in [1.54, 1.807) is 0 Å². The van der Waals surface area contributed by atoms with Crippen molar-refractivity contribution >= 4 is 5.69 Å². The fourth-order valence-corrected chi connectivity index (χ4v) is 1.45. The van der Waals surface area contributed by atoms with E-state index in [-0.39, 0.29) is 0 Å². The van der Waals surface area contributed by atoms with Crippen LogP contribution in [-0.2, 0) is 0 Å². The van der Waals surface area contributed by atoms with Crippen LogP contribution in [0.25, 0.3) is 5.82 Å². The van der Waals surface area contributed by atoms with Crippen molar-refractivity contribution < 1.29 is 9.66 Å². The smallest absolute Gasteiger partial charge is 0.332 e. The molecular weight excluding hydrogens is 252 g/mol. The Morgan fingerprint density at radius 1 is 1.47 bits per heavy atom. The maximum Gasteiger partial charge on any atom is 0.332 e. The molecule has 98 valence electrons. The molecule has 2 aromatic rings. The molecule has 0 unspecified atom stereocenters. The summed E-state index contributed by atoms with van der Waals surface area (Å²) in [5.74, 6) is 0.732. The maximum absolute atomic E-state index is 11.3. The van der Waals surface area contributed by atoms with Crippen molar-refractivity contribution in [1.29, 1.82) is 0 Å². The lowest BCUT2D eigenvalue weighted by Crippen LogP contribution is -2.10. The highest BCUT2D eigenvalue weighted by Gasteiger charge is 2.13. The number of hydrogen-bond acceptors (Lipinski definition) is 6. The minimum Gasteiger partial charge on any atom is -0.478 e. The molecule has 2 heterocycles. The first kappa shape index (κ1) is 12.7. The van der Waals surface area contributed by atoms with E-state index in [2.05, 4.69) is 9.97 Å². The van der Waals surface area contributed by atoms with E-state index in [4.69, 9.17) is 4.74 Å². The van der Waals surface area contributed by atoms with Gasteiger partial charge in [-0.2, -0.15) is 0 Å². The molecule has 8 heteroatoms. The molecule has 8 nitrogen and oxygen atoms in total. The summed E-state index contributed by atoms with van der Waals surface area (Å²) in [5, 5.41) is 10.7. The average molecular weight is 262 g/mol. The lowest BCUT2D eigenvalue weighted by atomic mass is 10.4. The molecule has 19 heavy (non-hydrogen) atoms. The first-order chi connectivity index (χ1) is 9.11. The third kappa shape index (κ3) is 2.73.